The lowest BCUT2D eigenvalue weighted by Gasteiger charge is -2.18. The van der Waals surface area contributed by atoms with Gasteiger partial charge in [-0.2, -0.15) is 0 Å². The molecule has 0 radical (unpaired) electrons. The molecule has 0 spiro atoms. The summed E-state index contributed by atoms with van der Waals surface area (Å²) in [4.78, 5) is 21.9. The van der Waals surface area contributed by atoms with E-state index < -0.39 is 6.09 Å². The highest BCUT2D eigenvalue weighted by atomic mass is 16.5. The molecule has 0 bridgehead atoms. The van der Waals surface area contributed by atoms with Crippen molar-refractivity contribution in [3.8, 4) is 0 Å². The van der Waals surface area contributed by atoms with Gasteiger partial charge in [-0.05, 0) is 62.5 Å². The molecule has 1 unspecified atom stereocenters. The van der Waals surface area contributed by atoms with Crippen LogP contribution in [0.4, 0.5) is 16.2 Å². The number of carbonyl (C=O) groups is 1. The van der Waals surface area contributed by atoms with Gasteiger partial charge in [-0.15, -0.1) is 0 Å². The summed E-state index contributed by atoms with van der Waals surface area (Å²) in [5.41, 5.74) is 9.45. The van der Waals surface area contributed by atoms with E-state index in [-0.39, 0.29) is 0 Å². The largest absolute Gasteiger partial charge is 0.450 e. The number of primary amides is 1. The molecule has 2 aromatic heterocycles. The van der Waals surface area contributed by atoms with Gasteiger partial charge in [-0.3, -0.25) is 9.97 Å². The second-order valence-electron chi connectivity index (χ2n) is 9.31. The van der Waals surface area contributed by atoms with Crippen LogP contribution in [-0.4, -0.2) is 62.9 Å². The van der Waals surface area contributed by atoms with Gasteiger partial charge in [0.15, 0.2) is 0 Å². The van der Waals surface area contributed by atoms with Gasteiger partial charge < -0.3 is 31.3 Å². The van der Waals surface area contributed by atoms with E-state index in [2.05, 4.69) is 49.9 Å². The average Bonchev–Trinajstić information content (AvgIpc) is 2.87. The van der Waals surface area contributed by atoms with Gasteiger partial charge in [-0.25, -0.2) is 4.79 Å². The van der Waals surface area contributed by atoms with Crippen molar-refractivity contribution in [3.05, 3.63) is 48.0 Å². The van der Waals surface area contributed by atoms with Crippen LogP contribution in [0.5, 0.6) is 0 Å². The van der Waals surface area contributed by atoms with Crippen LogP contribution in [0, 0.1) is 5.92 Å². The van der Waals surface area contributed by atoms with Crippen molar-refractivity contribution < 1.29 is 9.53 Å². The second kappa shape index (κ2) is 17.5. The molecule has 2 aromatic rings. The Labute approximate surface area is 216 Å². The summed E-state index contributed by atoms with van der Waals surface area (Å²) in [6.45, 7) is 6.95. The number of amides is 1. The number of hydrogen-bond donors (Lipinski definition) is 4. The van der Waals surface area contributed by atoms with Crippen LogP contribution >= 0.6 is 0 Å². The molecule has 9 heteroatoms. The van der Waals surface area contributed by atoms with E-state index in [1.54, 1.807) is 0 Å². The van der Waals surface area contributed by atoms with Crippen molar-refractivity contribution >= 4 is 17.5 Å². The molecule has 0 saturated heterocycles. The number of hydrogen-bond acceptors (Lipinski definition) is 8. The molecule has 1 amide bonds. The van der Waals surface area contributed by atoms with Gasteiger partial charge in [-0.1, -0.05) is 19.8 Å². The van der Waals surface area contributed by atoms with Crippen LogP contribution in [0.25, 0.3) is 0 Å². The van der Waals surface area contributed by atoms with E-state index in [4.69, 9.17) is 10.5 Å². The van der Waals surface area contributed by atoms with Crippen LogP contribution in [0.2, 0.25) is 0 Å². The molecule has 2 rings (SSSR count). The van der Waals surface area contributed by atoms with E-state index in [9.17, 15) is 4.79 Å². The summed E-state index contributed by atoms with van der Waals surface area (Å²) < 4.78 is 4.93. The first-order chi connectivity index (χ1) is 17.5. The smallest absolute Gasteiger partial charge is 0.404 e. The van der Waals surface area contributed by atoms with E-state index in [0.29, 0.717) is 12.5 Å². The number of ether oxygens (including phenoxy) is 1. The first kappa shape index (κ1) is 29.3. The van der Waals surface area contributed by atoms with Crippen molar-refractivity contribution in [2.75, 3.05) is 57.1 Å². The monoisotopic (exact) mass is 499 g/mol. The van der Waals surface area contributed by atoms with Gasteiger partial charge in [0, 0.05) is 69.6 Å². The SMILES string of the molecule is CCCCC(CCOC(N)=O)CNc1ccnc(CNCCCNCCc2cc(N(C)C)ccn2)c1. The van der Waals surface area contributed by atoms with Crippen molar-refractivity contribution in [3.63, 3.8) is 0 Å². The average molecular weight is 500 g/mol. The summed E-state index contributed by atoms with van der Waals surface area (Å²) in [6.07, 6.45) is 9.20. The molecule has 0 aliphatic carbocycles. The number of nitrogens with one attached hydrogen (secondary N) is 3. The molecular formula is C27H45N7O2. The highest BCUT2D eigenvalue weighted by Gasteiger charge is 2.10. The van der Waals surface area contributed by atoms with Gasteiger partial charge in [0.2, 0.25) is 0 Å². The Balaban J connectivity index is 1.61. The number of aromatic nitrogens is 2. The first-order valence-corrected chi connectivity index (χ1v) is 13.1. The molecular weight excluding hydrogens is 454 g/mol. The third-order valence-electron chi connectivity index (χ3n) is 6.04. The molecule has 1 atom stereocenters. The maximum atomic E-state index is 10.8. The van der Waals surface area contributed by atoms with E-state index in [0.717, 1.165) is 88.3 Å². The summed E-state index contributed by atoms with van der Waals surface area (Å²) in [7, 11) is 4.09. The second-order valence-corrected chi connectivity index (χ2v) is 9.31. The van der Waals surface area contributed by atoms with Crippen LogP contribution in [0.3, 0.4) is 0 Å². The molecule has 0 aliphatic heterocycles. The number of rotatable bonds is 19. The molecule has 5 N–H and O–H groups in total. The summed E-state index contributed by atoms with van der Waals surface area (Å²) >= 11 is 0. The molecule has 0 saturated carbocycles. The normalized spacial score (nSPS) is 11.8. The Bertz CT molecular complexity index is 879. The Morgan fingerprint density at radius 2 is 1.81 bits per heavy atom. The number of unbranched alkanes of at least 4 members (excludes halogenated alkanes) is 1. The first-order valence-electron chi connectivity index (χ1n) is 13.1. The molecule has 200 valence electrons. The van der Waals surface area contributed by atoms with Gasteiger partial charge in [0.1, 0.15) is 0 Å². The van der Waals surface area contributed by atoms with Gasteiger partial charge >= 0.3 is 6.09 Å². The third-order valence-corrected chi connectivity index (χ3v) is 6.04. The summed E-state index contributed by atoms with van der Waals surface area (Å²) in [6, 6.07) is 8.26. The standard InChI is InChI=1S/C27H45N7O2/c1-4-5-7-22(11-17-36-27(28)35)20-33-23-9-15-32-25(18-23)21-30-13-6-12-29-14-8-24-19-26(34(2)3)10-16-31-24/h9-10,15-16,18-19,22,29-30H,4-8,11-14,17,20-21H2,1-3H3,(H2,28,35)(H,32,33). The zero-order valence-corrected chi connectivity index (χ0v) is 22.3. The number of anilines is 2. The predicted octanol–water partition coefficient (Wildman–Crippen LogP) is 3.56. The topological polar surface area (TPSA) is 117 Å². The molecule has 2 heterocycles. The molecule has 0 fully saturated rings. The van der Waals surface area contributed by atoms with Crippen molar-refractivity contribution in [2.45, 2.75) is 52.0 Å². The van der Waals surface area contributed by atoms with Crippen LogP contribution in [0.15, 0.2) is 36.7 Å². The Kier molecular flexibility index (Phi) is 14.3. The number of nitrogens with two attached hydrogens (primary N) is 1. The van der Waals surface area contributed by atoms with Crippen molar-refractivity contribution in [2.24, 2.45) is 11.7 Å². The van der Waals surface area contributed by atoms with Crippen molar-refractivity contribution in [1.29, 1.82) is 0 Å². The fourth-order valence-electron chi connectivity index (χ4n) is 3.89. The summed E-state index contributed by atoms with van der Waals surface area (Å²) in [5, 5.41) is 10.5. The lowest BCUT2D eigenvalue weighted by Crippen LogP contribution is -2.24. The van der Waals surface area contributed by atoms with E-state index in [1.807, 2.05) is 38.6 Å². The Morgan fingerprint density at radius 3 is 2.58 bits per heavy atom. The fourth-order valence-corrected chi connectivity index (χ4v) is 3.89. The van der Waals surface area contributed by atoms with E-state index >= 15 is 0 Å². The zero-order chi connectivity index (χ0) is 26.0. The van der Waals surface area contributed by atoms with Crippen LogP contribution in [0.1, 0.15) is 50.4 Å². The summed E-state index contributed by atoms with van der Waals surface area (Å²) in [5.74, 6) is 0.430. The Hall–Kier alpha value is -2.91. The predicted molar refractivity (Wildman–Crippen MR) is 147 cm³/mol. The lowest BCUT2D eigenvalue weighted by atomic mass is 9.98. The molecule has 0 aromatic carbocycles. The van der Waals surface area contributed by atoms with Crippen molar-refractivity contribution in [1.82, 2.24) is 20.6 Å². The van der Waals surface area contributed by atoms with Gasteiger partial charge in [0.05, 0.1) is 12.3 Å². The van der Waals surface area contributed by atoms with E-state index in [1.165, 1.54) is 5.69 Å². The molecule has 0 aliphatic rings. The minimum Gasteiger partial charge on any atom is -0.450 e. The highest BCUT2D eigenvalue weighted by Crippen LogP contribution is 2.16. The quantitative estimate of drug-likeness (QED) is 0.217. The number of carbonyl (C=O) groups excluding carboxylic acids is 1. The minimum atomic E-state index is -0.706. The van der Waals surface area contributed by atoms with Crippen LogP contribution in [-0.2, 0) is 17.7 Å². The molecule has 36 heavy (non-hydrogen) atoms. The number of nitrogens with zero attached hydrogens (tertiary/aromatic N) is 3. The maximum Gasteiger partial charge on any atom is 0.404 e. The maximum absolute atomic E-state index is 10.8. The zero-order valence-electron chi connectivity index (χ0n) is 22.3. The minimum absolute atomic E-state index is 0.367. The third kappa shape index (κ3) is 12.7. The number of pyridine rings is 2. The lowest BCUT2D eigenvalue weighted by molar-refractivity contribution is 0.148. The highest BCUT2D eigenvalue weighted by molar-refractivity contribution is 5.64. The van der Waals surface area contributed by atoms with Crippen LogP contribution < -0.4 is 26.6 Å². The fraction of sp³-hybridized carbons (Fsp3) is 0.593. The molecule has 9 nitrogen and oxygen atoms in total. The van der Waals surface area contributed by atoms with Gasteiger partial charge in [0.25, 0.3) is 0 Å². The Morgan fingerprint density at radius 1 is 1.03 bits per heavy atom.